The van der Waals surface area contributed by atoms with Crippen LogP contribution in [0.5, 0.6) is 0 Å². The van der Waals surface area contributed by atoms with E-state index in [0.29, 0.717) is 42.5 Å². The zero-order valence-electron chi connectivity index (χ0n) is 24.7. The van der Waals surface area contributed by atoms with Crippen LogP contribution in [0.3, 0.4) is 0 Å². The van der Waals surface area contributed by atoms with Gasteiger partial charge >= 0.3 is 17.8 Å². The monoisotopic (exact) mass is 633 g/mol. The zero-order valence-corrected chi connectivity index (χ0v) is 24.7. The molecule has 0 saturated carbocycles. The Bertz CT molecular complexity index is 1920. The van der Waals surface area contributed by atoms with E-state index >= 15 is 0 Å². The van der Waals surface area contributed by atoms with Gasteiger partial charge in [0, 0.05) is 23.9 Å². The minimum absolute atomic E-state index is 0.0131. The first-order valence-electron chi connectivity index (χ1n) is 14.1. The molecule has 236 valence electrons. The minimum Gasteiger partial charge on any atom is -0.466 e. The maximum absolute atomic E-state index is 13.6. The first-order valence-corrected chi connectivity index (χ1v) is 14.1. The van der Waals surface area contributed by atoms with E-state index in [9.17, 15) is 32.8 Å². The van der Waals surface area contributed by atoms with Crippen molar-refractivity contribution in [3.8, 4) is 6.07 Å². The quantitative estimate of drug-likeness (QED) is 0.156. The van der Waals surface area contributed by atoms with Gasteiger partial charge < -0.3 is 9.47 Å². The van der Waals surface area contributed by atoms with Gasteiger partial charge in [0.1, 0.15) is 19.2 Å². The number of methoxy groups -OCH3 is 1. The third kappa shape index (κ3) is 6.25. The highest BCUT2D eigenvalue weighted by molar-refractivity contribution is 5.93. The number of H-pyrrole nitrogens is 1. The van der Waals surface area contributed by atoms with Crippen LogP contribution in [0.25, 0.3) is 0 Å². The van der Waals surface area contributed by atoms with Crippen molar-refractivity contribution in [1.82, 2.24) is 14.8 Å². The Morgan fingerprint density at radius 1 is 1.20 bits per heavy atom. The molecule has 14 heteroatoms. The molecule has 2 aromatic carbocycles. The van der Waals surface area contributed by atoms with Gasteiger partial charge in [0.15, 0.2) is 12.4 Å². The fraction of sp³-hybridized carbons (Fsp3) is 0.250. The summed E-state index contributed by atoms with van der Waals surface area (Å²) < 4.78 is 54.0. The van der Waals surface area contributed by atoms with Gasteiger partial charge in [-0.25, -0.2) is 23.8 Å². The highest BCUT2D eigenvalue weighted by atomic mass is 19.4. The molecule has 1 aliphatic heterocycles. The number of hydrogen-bond donors (Lipinski definition) is 1. The van der Waals surface area contributed by atoms with E-state index in [1.54, 1.807) is 25.1 Å². The Balaban J connectivity index is 1.59. The SMILES string of the molecule is COC(=O)C1=C(C)N(c2cccc(C(F)(F)F)c2)c2n[nH]c(=O)n2[C@@H]1c1ccc(C#N)cc1CCC[n+]1cccc(COC=O)c1. The molecule has 46 heavy (non-hydrogen) atoms. The van der Waals surface area contributed by atoms with Crippen LogP contribution in [0.4, 0.5) is 24.8 Å². The summed E-state index contributed by atoms with van der Waals surface area (Å²) in [6.45, 7) is 2.60. The van der Waals surface area contributed by atoms with Crippen molar-refractivity contribution in [3.05, 3.63) is 117 Å². The summed E-state index contributed by atoms with van der Waals surface area (Å²) in [5.41, 5.74) is 0.984. The molecule has 0 spiro atoms. The largest absolute Gasteiger partial charge is 0.466 e. The third-order valence-corrected chi connectivity index (χ3v) is 7.65. The number of nitrogens with zero attached hydrogens (tertiary/aromatic N) is 5. The molecule has 3 heterocycles. The number of aromatic nitrogens is 4. The van der Waals surface area contributed by atoms with Crippen LogP contribution < -0.4 is 15.2 Å². The van der Waals surface area contributed by atoms with Crippen LogP contribution in [-0.2, 0) is 44.8 Å². The molecular weight excluding hydrogens is 605 g/mol. The number of pyridine rings is 1. The molecule has 1 atom stereocenters. The molecule has 11 nitrogen and oxygen atoms in total. The average molecular weight is 634 g/mol. The number of rotatable bonds is 10. The summed E-state index contributed by atoms with van der Waals surface area (Å²) in [4.78, 5) is 38.6. The van der Waals surface area contributed by atoms with Crippen molar-refractivity contribution in [3.63, 3.8) is 0 Å². The normalized spacial score (nSPS) is 14.4. The molecule has 0 saturated heterocycles. The lowest BCUT2D eigenvalue weighted by Crippen LogP contribution is -2.38. The van der Waals surface area contributed by atoms with Crippen molar-refractivity contribution in [1.29, 1.82) is 5.26 Å². The van der Waals surface area contributed by atoms with Gasteiger partial charge in [-0.1, -0.05) is 12.1 Å². The van der Waals surface area contributed by atoms with Crippen molar-refractivity contribution in [2.45, 2.75) is 45.1 Å². The van der Waals surface area contributed by atoms with E-state index in [4.69, 9.17) is 9.47 Å². The second-order valence-electron chi connectivity index (χ2n) is 10.5. The lowest BCUT2D eigenvalue weighted by Gasteiger charge is -2.36. The van der Waals surface area contributed by atoms with Crippen LogP contribution >= 0.6 is 0 Å². The minimum atomic E-state index is -4.64. The molecule has 1 aliphatic rings. The summed E-state index contributed by atoms with van der Waals surface area (Å²) >= 11 is 0. The van der Waals surface area contributed by atoms with Gasteiger partial charge in [0.05, 0.1) is 35.4 Å². The Hall–Kier alpha value is -5.71. The van der Waals surface area contributed by atoms with Crippen molar-refractivity contribution < 1.29 is 36.8 Å². The van der Waals surface area contributed by atoms with Crippen LogP contribution in [0, 0.1) is 11.3 Å². The lowest BCUT2D eigenvalue weighted by atomic mass is 9.88. The summed E-state index contributed by atoms with van der Waals surface area (Å²) in [5, 5.41) is 16.2. The van der Waals surface area contributed by atoms with E-state index in [2.05, 4.69) is 16.3 Å². The number of hydrogen-bond acceptors (Lipinski definition) is 8. The first-order chi connectivity index (χ1) is 22.1. The number of benzene rings is 2. The molecule has 1 N–H and O–H groups in total. The Kier molecular flexibility index (Phi) is 9.04. The molecule has 2 aromatic heterocycles. The molecule has 0 amide bonds. The number of nitriles is 1. The first kappa shape index (κ1) is 31.7. The lowest BCUT2D eigenvalue weighted by molar-refractivity contribution is -0.697. The van der Waals surface area contributed by atoms with Gasteiger partial charge in [-0.2, -0.15) is 18.4 Å². The number of ether oxygens (including phenoxy) is 2. The number of carbonyl (C=O) groups is 2. The molecule has 0 fully saturated rings. The highest BCUT2D eigenvalue weighted by Crippen LogP contribution is 2.43. The standard InChI is InChI=1S/C32H27F3N6O5/c1-20-27(29(43)45-2)28(41-30(37-38-31(41)44)40(20)25-9-3-8-24(15-25)32(33,34)35)26-11-10-21(16-36)14-23(26)7-5-13-39-12-4-6-22(17-39)18-46-19-42/h3-4,6,8-12,14-15,17,19,28H,5,7,13,18H2,1-2H3/p+1/t28-/m1/s1. The number of esters is 1. The topological polar surface area (TPSA) is 134 Å². The number of carbonyl (C=O) groups excluding carboxylic acids is 2. The summed E-state index contributed by atoms with van der Waals surface area (Å²) in [5.74, 6) is -0.821. The predicted octanol–water partition coefficient (Wildman–Crippen LogP) is 4.24. The average Bonchev–Trinajstić information content (AvgIpc) is 3.43. The van der Waals surface area contributed by atoms with Crippen LogP contribution in [0.15, 0.2) is 83.1 Å². The van der Waals surface area contributed by atoms with Crippen LogP contribution in [0.2, 0.25) is 0 Å². The third-order valence-electron chi connectivity index (χ3n) is 7.65. The van der Waals surface area contributed by atoms with Crippen LogP contribution in [0.1, 0.15) is 47.2 Å². The maximum Gasteiger partial charge on any atom is 0.416 e. The Morgan fingerprint density at radius 2 is 2.00 bits per heavy atom. The molecule has 4 aromatic rings. The number of nitrogens with one attached hydrogen (secondary N) is 1. The molecular formula is C32H28F3N6O5+. The molecule has 0 radical (unpaired) electrons. The number of alkyl halides is 3. The van der Waals surface area contributed by atoms with E-state index in [1.165, 1.54) is 28.7 Å². The second-order valence-corrected chi connectivity index (χ2v) is 10.5. The van der Waals surface area contributed by atoms with E-state index in [1.807, 2.05) is 29.1 Å². The van der Waals surface area contributed by atoms with Gasteiger partial charge in [-0.3, -0.25) is 9.69 Å². The van der Waals surface area contributed by atoms with Crippen molar-refractivity contribution in [2.75, 3.05) is 12.0 Å². The predicted molar refractivity (Wildman–Crippen MR) is 156 cm³/mol. The van der Waals surface area contributed by atoms with Crippen molar-refractivity contribution >= 4 is 24.1 Å². The second kappa shape index (κ2) is 13.1. The summed E-state index contributed by atoms with van der Waals surface area (Å²) in [6.07, 6.45) is 0.0769. The van der Waals surface area contributed by atoms with Gasteiger partial charge in [-0.15, -0.1) is 5.10 Å². The number of aromatic amines is 1. The molecule has 0 unspecified atom stereocenters. The molecule has 5 rings (SSSR count). The number of fused-ring (bicyclic) bond motifs is 1. The maximum atomic E-state index is 13.6. The van der Waals surface area contributed by atoms with E-state index < -0.39 is 29.4 Å². The summed E-state index contributed by atoms with van der Waals surface area (Å²) in [7, 11) is 1.17. The number of aryl methyl sites for hydroxylation is 2. The number of halogens is 3. The zero-order chi connectivity index (χ0) is 33.0. The van der Waals surface area contributed by atoms with Crippen molar-refractivity contribution in [2.24, 2.45) is 0 Å². The van der Waals surface area contributed by atoms with Gasteiger partial charge in [0.25, 0.3) is 6.47 Å². The fourth-order valence-corrected chi connectivity index (χ4v) is 5.62. The smallest absolute Gasteiger partial charge is 0.416 e. The Labute approximate surface area is 260 Å². The number of allylic oxidation sites excluding steroid dienone is 1. The molecule has 0 bridgehead atoms. The van der Waals surface area contributed by atoms with E-state index in [0.717, 1.165) is 17.7 Å². The molecule has 0 aliphatic carbocycles. The summed E-state index contributed by atoms with van der Waals surface area (Å²) in [6, 6.07) is 14.1. The Morgan fingerprint density at radius 3 is 2.72 bits per heavy atom. The van der Waals surface area contributed by atoms with Gasteiger partial charge in [-0.05, 0) is 60.9 Å². The highest BCUT2D eigenvalue weighted by Gasteiger charge is 2.41. The van der Waals surface area contributed by atoms with Gasteiger partial charge in [0.2, 0.25) is 5.95 Å². The number of anilines is 2. The fourth-order valence-electron chi connectivity index (χ4n) is 5.62. The van der Waals surface area contributed by atoms with E-state index in [-0.39, 0.29) is 29.5 Å². The van der Waals surface area contributed by atoms with Crippen LogP contribution in [-0.4, -0.2) is 34.3 Å².